The number of benzene rings is 1. The SMILES string of the molecule is CN1C(=O)C(C)(C)c2cc(C(=O)N3CCN(C(=O)C4CCC4)CC3)ccc21. The van der Waals surface area contributed by atoms with Crippen LogP contribution in [0.15, 0.2) is 18.2 Å². The van der Waals surface area contributed by atoms with E-state index in [1.54, 1.807) is 18.0 Å². The Labute approximate surface area is 160 Å². The smallest absolute Gasteiger partial charge is 0.253 e. The van der Waals surface area contributed by atoms with E-state index in [-0.39, 0.29) is 23.6 Å². The standard InChI is InChI=1S/C21H27N3O3/c1-21(2)16-13-15(7-8-17(16)22(3)20(21)27)19(26)24-11-9-23(10-12-24)18(25)14-5-4-6-14/h7-8,13-14H,4-6,9-12H2,1-3H3. The van der Waals surface area contributed by atoms with Gasteiger partial charge in [0.15, 0.2) is 0 Å². The lowest BCUT2D eigenvalue weighted by atomic mass is 9.84. The highest BCUT2D eigenvalue weighted by atomic mass is 16.2. The summed E-state index contributed by atoms with van der Waals surface area (Å²) >= 11 is 0. The van der Waals surface area contributed by atoms with Gasteiger partial charge < -0.3 is 14.7 Å². The number of piperazine rings is 1. The number of anilines is 1. The molecular weight excluding hydrogens is 342 g/mol. The molecule has 2 aliphatic heterocycles. The summed E-state index contributed by atoms with van der Waals surface area (Å²) in [7, 11) is 1.77. The second kappa shape index (κ2) is 6.36. The third-order valence-electron chi connectivity index (χ3n) is 6.45. The topological polar surface area (TPSA) is 60.9 Å². The highest BCUT2D eigenvalue weighted by molar-refractivity contribution is 6.08. The number of amides is 3. The molecule has 27 heavy (non-hydrogen) atoms. The van der Waals surface area contributed by atoms with Gasteiger partial charge in [-0.3, -0.25) is 14.4 Å². The molecule has 0 aromatic heterocycles. The molecule has 0 radical (unpaired) electrons. The van der Waals surface area contributed by atoms with Crippen molar-refractivity contribution in [3.05, 3.63) is 29.3 Å². The van der Waals surface area contributed by atoms with Gasteiger partial charge in [-0.1, -0.05) is 6.42 Å². The van der Waals surface area contributed by atoms with E-state index in [4.69, 9.17) is 0 Å². The Balaban J connectivity index is 1.46. The molecule has 1 saturated carbocycles. The van der Waals surface area contributed by atoms with Crippen LogP contribution >= 0.6 is 0 Å². The van der Waals surface area contributed by atoms with E-state index < -0.39 is 5.41 Å². The van der Waals surface area contributed by atoms with E-state index in [0.717, 1.165) is 30.5 Å². The molecule has 0 bridgehead atoms. The summed E-state index contributed by atoms with van der Waals surface area (Å²) in [6.45, 7) is 6.15. The van der Waals surface area contributed by atoms with Crippen LogP contribution in [0.1, 0.15) is 49.0 Å². The predicted octanol–water partition coefficient (Wildman–Crippen LogP) is 2.03. The van der Waals surface area contributed by atoms with Gasteiger partial charge in [-0.25, -0.2) is 0 Å². The number of fused-ring (bicyclic) bond motifs is 1. The van der Waals surface area contributed by atoms with Gasteiger partial charge in [-0.2, -0.15) is 0 Å². The summed E-state index contributed by atoms with van der Waals surface area (Å²) in [5, 5.41) is 0. The minimum atomic E-state index is -0.617. The first-order valence-electron chi connectivity index (χ1n) is 9.81. The first-order valence-corrected chi connectivity index (χ1v) is 9.81. The van der Waals surface area contributed by atoms with Crippen molar-refractivity contribution in [3.8, 4) is 0 Å². The van der Waals surface area contributed by atoms with Gasteiger partial charge in [0.2, 0.25) is 11.8 Å². The fourth-order valence-electron chi connectivity index (χ4n) is 4.33. The molecule has 1 aromatic rings. The summed E-state index contributed by atoms with van der Waals surface area (Å²) in [6, 6.07) is 5.54. The summed E-state index contributed by atoms with van der Waals surface area (Å²) in [5.74, 6) is 0.492. The average molecular weight is 369 g/mol. The Bertz CT molecular complexity index is 805. The Morgan fingerprint density at radius 1 is 1.04 bits per heavy atom. The first-order chi connectivity index (χ1) is 12.8. The van der Waals surface area contributed by atoms with Gasteiger partial charge in [-0.15, -0.1) is 0 Å². The zero-order chi connectivity index (χ0) is 19.3. The molecule has 1 aliphatic carbocycles. The fraction of sp³-hybridized carbons (Fsp3) is 0.571. The van der Waals surface area contributed by atoms with Crippen LogP contribution < -0.4 is 4.90 Å². The second-order valence-electron chi connectivity index (χ2n) is 8.47. The van der Waals surface area contributed by atoms with E-state index in [1.165, 1.54) is 0 Å². The van der Waals surface area contributed by atoms with Gasteiger partial charge in [0.1, 0.15) is 0 Å². The second-order valence-corrected chi connectivity index (χ2v) is 8.47. The molecule has 3 amide bonds. The van der Waals surface area contributed by atoms with E-state index in [1.807, 2.05) is 35.8 Å². The summed E-state index contributed by atoms with van der Waals surface area (Å²) < 4.78 is 0. The van der Waals surface area contributed by atoms with Crippen molar-refractivity contribution < 1.29 is 14.4 Å². The summed E-state index contributed by atoms with van der Waals surface area (Å²) in [6.07, 6.45) is 3.17. The summed E-state index contributed by atoms with van der Waals surface area (Å²) in [5.41, 5.74) is 1.77. The molecule has 1 saturated heterocycles. The highest BCUT2D eigenvalue weighted by Gasteiger charge is 2.42. The van der Waals surface area contributed by atoms with Crippen molar-refractivity contribution >= 4 is 23.4 Å². The van der Waals surface area contributed by atoms with Crippen LogP contribution in [0.5, 0.6) is 0 Å². The molecule has 3 aliphatic rings. The number of carbonyl (C=O) groups excluding carboxylic acids is 3. The third kappa shape index (κ3) is 2.82. The maximum atomic E-state index is 13.0. The highest BCUT2D eigenvalue weighted by Crippen LogP contribution is 2.41. The molecule has 0 N–H and O–H groups in total. The molecule has 2 fully saturated rings. The maximum absolute atomic E-state index is 13.0. The van der Waals surface area contributed by atoms with Crippen LogP contribution in [0.3, 0.4) is 0 Å². The van der Waals surface area contributed by atoms with E-state index >= 15 is 0 Å². The minimum Gasteiger partial charge on any atom is -0.339 e. The van der Waals surface area contributed by atoms with Crippen LogP contribution in [-0.4, -0.2) is 60.7 Å². The molecule has 144 valence electrons. The maximum Gasteiger partial charge on any atom is 0.253 e. The van der Waals surface area contributed by atoms with Crippen molar-refractivity contribution in [2.75, 3.05) is 38.1 Å². The Hall–Kier alpha value is -2.37. The predicted molar refractivity (Wildman–Crippen MR) is 103 cm³/mol. The van der Waals surface area contributed by atoms with Crippen LogP contribution in [0.25, 0.3) is 0 Å². The molecule has 4 rings (SSSR count). The van der Waals surface area contributed by atoms with Crippen molar-refractivity contribution in [3.63, 3.8) is 0 Å². The monoisotopic (exact) mass is 369 g/mol. The normalized spacial score (nSPS) is 21.9. The number of rotatable bonds is 2. The van der Waals surface area contributed by atoms with E-state index in [9.17, 15) is 14.4 Å². The van der Waals surface area contributed by atoms with Crippen LogP contribution in [0.4, 0.5) is 5.69 Å². The van der Waals surface area contributed by atoms with Gasteiger partial charge in [0, 0.05) is 50.4 Å². The van der Waals surface area contributed by atoms with Crippen molar-refractivity contribution in [2.24, 2.45) is 5.92 Å². The lowest BCUT2D eigenvalue weighted by Crippen LogP contribution is -2.52. The van der Waals surface area contributed by atoms with Gasteiger partial charge in [-0.05, 0) is 50.5 Å². The molecule has 0 atom stereocenters. The van der Waals surface area contributed by atoms with Crippen molar-refractivity contribution in [2.45, 2.75) is 38.5 Å². The number of likely N-dealkylation sites (N-methyl/N-ethyl adjacent to an activating group) is 1. The quantitative estimate of drug-likeness (QED) is 0.801. The van der Waals surface area contributed by atoms with Crippen LogP contribution in [0.2, 0.25) is 0 Å². The molecule has 0 unspecified atom stereocenters. The number of hydrogen-bond donors (Lipinski definition) is 0. The van der Waals surface area contributed by atoms with Gasteiger partial charge in [0.25, 0.3) is 5.91 Å². The van der Waals surface area contributed by atoms with Crippen molar-refractivity contribution in [1.29, 1.82) is 0 Å². The van der Waals surface area contributed by atoms with Crippen molar-refractivity contribution in [1.82, 2.24) is 9.80 Å². The zero-order valence-electron chi connectivity index (χ0n) is 16.3. The molecule has 2 heterocycles. The Kier molecular flexibility index (Phi) is 4.24. The largest absolute Gasteiger partial charge is 0.339 e. The molecule has 1 aromatic carbocycles. The first kappa shape index (κ1) is 18.0. The Morgan fingerprint density at radius 3 is 2.26 bits per heavy atom. The van der Waals surface area contributed by atoms with Gasteiger partial charge >= 0.3 is 0 Å². The molecular formula is C21H27N3O3. The number of hydrogen-bond acceptors (Lipinski definition) is 3. The minimum absolute atomic E-state index is 0.0219. The van der Waals surface area contributed by atoms with Crippen LogP contribution in [0, 0.1) is 5.92 Å². The molecule has 6 nitrogen and oxygen atoms in total. The molecule has 0 spiro atoms. The zero-order valence-corrected chi connectivity index (χ0v) is 16.3. The van der Waals surface area contributed by atoms with Crippen LogP contribution in [-0.2, 0) is 15.0 Å². The number of nitrogens with zero attached hydrogens (tertiary/aromatic N) is 3. The average Bonchev–Trinajstić information content (AvgIpc) is 2.80. The van der Waals surface area contributed by atoms with E-state index in [0.29, 0.717) is 31.7 Å². The number of carbonyl (C=O) groups is 3. The summed E-state index contributed by atoms with van der Waals surface area (Å²) in [4.78, 5) is 43.2. The molecule has 6 heteroatoms. The lowest BCUT2D eigenvalue weighted by Gasteiger charge is -2.38. The van der Waals surface area contributed by atoms with Gasteiger partial charge in [0.05, 0.1) is 5.41 Å². The van der Waals surface area contributed by atoms with E-state index in [2.05, 4.69) is 0 Å². The lowest BCUT2D eigenvalue weighted by molar-refractivity contribution is -0.139. The Morgan fingerprint density at radius 2 is 1.67 bits per heavy atom. The fourth-order valence-corrected chi connectivity index (χ4v) is 4.33. The third-order valence-corrected chi connectivity index (χ3v) is 6.45.